The lowest BCUT2D eigenvalue weighted by Crippen LogP contribution is -2.48. The number of benzene rings is 3. The van der Waals surface area contributed by atoms with Gasteiger partial charge in [0.2, 0.25) is 5.91 Å². The van der Waals surface area contributed by atoms with E-state index in [-0.39, 0.29) is 18.2 Å². The predicted molar refractivity (Wildman–Crippen MR) is 149 cm³/mol. The fourth-order valence-corrected chi connectivity index (χ4v) is 4.19. The van der Waals surface area contributed by atoms with Crippen LogP contribution >= 0.6 is 0 Å². The highest BCUT2D eigenvalue weighted by Crippen LogP contribution is 2.22. The van der Waals surface area contributed by atoms with Gasteiger partial charge in [0, 0.05) is 18.5 Å². The van der Waals surface area contributed by atoms with Crippen molar-refractivity contribution in [3.63, 3.8) is 0 Å². The molecule has 1 unspecified atom stereocenters. The fourth-order valence-electron chi connectivity index (χ4n) is 4.19. The van der Waals surface area contributed by atoms with Crippen molar-refractivity contribution >= 4 is 23.6 Å². The zero-order chi connectivity index (χ0) is 28.2. The van der Waals surface area contributed by atoms with Crippen molar-refractivity contribution < 1.29 is 24.2 Å². The van der Waals surface area contributed by atoms with Crippen LogP contribution in [0, 0.1) is 0 Å². The summed E-state index contributed by atoms with van der Waals surface area (Å²) in [5, 5.41) is 18.9. The molecule has 4 rings (SSSR count). The van der Waals surface area contributed by atoms with Crippen LogP contribution < -0.4 is 31.9 Å². The highest BCUT2D eigenvalue weighted by Gasteiger charge is 2.23. The summed E-state index contributed by atoms with van der Waals surface area (Å²) in [6, 6.07) is 23.1. The normalized spacial score (nSPS) is 12.8. The van der Waals surface area contributed by atoms with Gasteiger partial charge in [-0.3, -0.25) is 15.0 Å². The molecule has 6 N–H and O–H groups in total. The number of hydrazine groups is 2. The molecule has 0 bridgehead atoms. The van der Waals surface area contributed by atoms with E-state index in [1.807, 2.05) is 24.3 Å². The second-order valence-electron chi connectivity index (χ2n) is 9.17. The van der Waals surface area contributed by atoms with Crippen molar-refractivity contribution in [3.8, 4) is 5.75 Å². The van der Waals surface area contributed by atoms with Crippen LogP contribution in [0.1, 0.15) is 39.9 Å². The monoisotopic (exact) mass is 544 g/mol. The molecule has 40 heavy (non-hydrogen) atoms. The Hall–Kier alpha value is -4.90. The van der Waals surface area contributed by atoms with Crippen LogP contribution in [0.15, 0.2) is 84.0 Å². The van der Waals surface area contributed by atoms with Crippen molar-refractivity contribution in [1.82, 2.24) is 27.1 Å². The summed E-state index contributed by atoms with van der Waals surface area (Å²) in [5.41, 5.74) is 10.9. The van der Waals surface area contributed by atoms with Gasteiger partial charge in [0.15, 0.2) is 12.4 Å². The number of amides is 2. The minimum atomic E-state index is -1.11. The highest BCUT2D eigenvalue weighted by atomic mass is 16.5. The molecule has 3 aromatic carbocycles. The van der Waals surface area contributed by atoms with Crippen LogP contribution in [0.2, 0.25) is 0 Å². The lowest BCUT2D eigenvalue weighted by Gasteiger charge is -2.20. The van der Waals surface area contributed by atoms with Gasteiger partial charge < -0.3 is 20.5 Å². The molecular weight excluding hydrogens is 512 g/mol. The van der Waals surface area contributed by atoms with Gasteiger partial charge in [-0.05, 0) is 54.7 Å². The quantitative estimate of drug-likeness (QED) is 0.168. The first kappa shape index (κ1) is 28.1. The Labute approximate surface area is 232 Å². The summed E-state index contributed by atoms with van der Waals surface area (Å²) < 4.78 is 5.42. The second kappa shape index (κ2) is 14.3. The number of amidine groups is 1. The SMILES string of the molecule is O=C(O)COc1ccc(CC(NC(=O)c2ccccc2)C(=O)NCCCCc2ccccc2)cc1C1=NNNN1. The summed E-state index contributed by atoms with van der Waals surface area (Å²) in [5.74, 6) is -1.08. The maximum atomic E-state index is 13.3. The van der Waals surface area contributed by atoms with Crippen LogP contribution in [0.4, 0.5) is 0 Å². The van der Waals surface area contributed by atoms with E-state index < -0.39 is 18.6 Å². The molecule has 11 nitrogen and oxygen atoms in total. The predicted octanol–water partition coefficient (Wildman–Crippen LogP) is 1.90. The molecule has 1 aliphatic rings. The first-order valence-corrected chi connectivity index (χ1v) is 13.0. The van der Waals surface area contributed by atoms with Crippen molar-refractivity contribution in [2.45, 2.75) is 31.7 Å². The second-order valence-corrected chi connectivity index (χ2v) is 9.17. The summed E-state index contributed by atoms with van der Waals surface area (Å²) in [7, 11) is 0. The molecule has 1 heterocycles. The average Bonchev–Trinajstić information content (AvgIpc) is 3.52. The van der Waals surface area contributed by atoms with Crippen LogP contribution in [0.5, 0.6) is 5.75 Å². The molecule has 1 atom stereocenters. The number of unbranched alkanes of at least 4 members (excludes halogenated alkanes) is 1. The first-order chi connectivity index (χ1) is 19.5. The van der Waals surface area contributed by atoms with Crippen LogP contribution in [0.25, 0.3) is 0 Å². The van der Waals surface area contributed by atoms with E-state index in [0.717, 1.165) is 19.3 Å². The number of nitrogens with zero attached hydrogens (tertiary/aromatic N) is 1. The van der Waals surface area contributed by atoms with Gasteiger partial charge in [-0.2, -0.15) is 0 Å². The third kappa shape index (κ3) is 8.30. The summed E-state index contributed by atoms with van der Waals surface area (Å²) in [4.78, 5) is 37.2. The van der Waals surface area contributed by atoms with Gasteiger partial charge in [0.25, 0.3) is 5.91 Å². The van der Waals surface area contributed by atoms with E-state index in [0.29, 0.717) is 34.8 Å². The first-order valence-electron chi connectivity index (χ1n) is 13.0. The van der Waals surface area contributed by atoms with Crippen molar-refractivity contribution in [3.05, 3.63) is 101 Å². The number of nitrogens with one attached hydrogen (secondary N) is 5. The van der Waals surface area contributed by atoms with Gasteiger partial charge in [-0.1, -0.05) is 54.6 Å². The lowest BCUT2D eigenvalue weighted by molar-refractivity contribution is -0.139. The van der Waals surface area contributed by atoms with Crippen LogP contribution in [0.3, 0.4) is 0 Å². The smallest absolute Gasteiger partial charge is 0.341 e. The topological polar surface area (TPSA) is 153 Å². The number of ether oxygens (including phenoxy) is 1. The summed E-state index contributed by atoms with van der Waals surface area (Å²) >= 11 is 0. The lowest BCUT2D eigenvalue weighted by atomic mass is 10.0. The number of carboxylic acids is 1. The molecule has 11 heteroatoms. The Kier molecular flexibility index (Phi) is 10.1. The molecule has 0 radical (unpaired) electrons. The van der Waals surface area contributed by atoms with Crippen molar-refractivity contribution in [2.75, 3.05) is 13.2 Å². The molecule has 3 aromatic rings. The van der Waals surface area contributed by atoms with E-state index in [9.17, 15) is 14.4 Å². The third-order valence-electron chi connectivity index (χ3n) is 6.19. The number of hydrogen-bond donors (Lipinski definition) is 6. The van der Waals surface area contributed by atoms with E-state index in [2.05, 4.69) is 44.4 Å². The third-order valence-corrected chi connectivity index (χ3v) is 6.19. The maximum absolute atomic E-state index is 13.3. The Morgan fingerprint density at radius 2 is 1.68 bits per heavy atom. The van der Waals surface area contributed by atoms with Crippen LogP contribution in [-0.2, 0) is 22.4 Å². The van der Waals surface area contributed by atoms with E-state index in [1.165, 1.54) is 5.56 Å². The number of carboxylic acid groups (broad SMARTS) is 1. The minimum absolute atomic E-state index is 0.189. The zero-order valence-electron chi connectivity index (χ0n) is 21.9. The summed E-state index contributed by atoms with van der Waals surface area (Å²) in [6.07, 6.45) is 2.83. The highest BCUT2D eigenvalue weighted by molar-refractivity contribution is 6.01. The van der Waals surface area contributed by atoms with Gasteiger partial charge in [0.05, 0.1) is 5.56 Å². The number of carbonyl (C=O) groups is 3. The molecule has 2 amide bonds. The molecule has 208 valence electrons. The molecule has 0 spiro atoms. The van der Waals surface area contributed by atoms with Gasteiger partial charge in [-0.15, -0.1) is 10.6 Å². The Morgan fingerprint density at radius 1 is 0.925 bits per heavy atom. The number of hydrazone groups is 1. The van der Waals surface area contributed by atoms with Crippen LogP contribution in [-0.4, -0.2) is 47.9 Å². The van der Waals surface area contributed by atoms with Crippen molar-refractivity contribution in [2.24, 2.45) is 5.10 Å². The molecule has 1 aliphatic heterocycles. The van der Waals surface area contributed by atoms with Gasteiger partial charge in [0.1, 0.15) is 11.8 Å². The molecule has 0 saturated heterocycles. The van der Waals surface area contributed by atoms with Crippen molar-refractivity contribution in [1.29, 1.82) is 0 Å². The zero-order valence-corrected chi connectivity index (χ0v) is 21.9. The molecule has 0 fully saturated rings. The van der Waals surface area contributed by atoms with E-state index >= 15 is 0 Å². The number of aliphatic carboxylic acids is 1. The Bertz CT molecular complexity index is 1330. The Morgan fingerprint density at radius 3 is 2.38 bits per heavy atom. The number of carbonyl (C=O) groups excluding carboxylic acids is 2. The standard InChI is InChI=1S/C29H32N6O5/c36-26(37)19-40-25-15-14-21(17-23(25)27-32-34-35-33-27)18-24(31-28(38)22-12-5-2-6-13-22)29(39)30-16-8-7-11-20-9-3-1-4-10-20/h1-6,9-10,12-15,17,24,34-35H,7-8,11,16,18-19H2,(H,30,39)(H,31,38)(H,32,33)(H,36,37). The molecule has 0 saturated carbocycles. The van der Waals surface area contributed by atoms with E-state index in [4.69, 9.17) is 9.84 Å². The molecule has 0 aromatic heterocycles. The fraction of sp³-hybridized carbons (Fsp3) is 0.241. The summed E-state index contributed by atoms with van der Waals surface area (Å²) in [6.45, 7) is -0.0441. The number of hydrogen-bond acceptors (Lipinski definition) is 8. The Balaban J connectivity index is 1.45. The number of rotatable bonds is 14. The molecule has 0 aliphatic carbocycles. The van der Waals surface area contributed by atoms with Gasteiger partial charge in [-0.25, -0.2) is 10.3 Å². The molecular formula is C29H32N6O5. The van der Waals surface area contributed by atoms with Gasteiger partial charge >= 0.3 is 5.97 Å². The minimum Gasteiger partial charge on any atom is -0.481 e. The maximum Gasteiger partial charge on any atom is 0.341 e. The average molecular weight is 545 g/mol. The van der Waals surface area contributed by atoms with E-state index in [1.54, 1.807) is 42.5 Å². The number of aryl methyl sites for hydroxylation is 1. The largest absolute Gasteiger partial charge is 0.481 e.